The Balaban J connectivity index is 2.11. The molecule has 0 radical (unpaired) electrons. The van der Waals surface area contributed by atoms with Crippen LogP contribution in [0.15, 0.2) is 12.3 Å². The van der Waals surface area contributed by atoms with Crippen LogP contribution in [0.4, 0.5) is 11.5 Å². The van der Waals surface area contributed by atoms with Gasteiger partial charge in [0.25, 0.3) is 0 Å². The SMILES string of the molecule is Cc1cc(N)ncc1N(C)C1CCN(C)CC1. The van der Waals surface area contributed by atoms with E-state index in [1.807, 2.05) is 12.3 Å². The molecule has 0 unspecified atom stereocenters. The van der Waals surface area contributed by atoms with Gasteiger partial charge >= 0.3 is 0 Å². The number of nitrogens with two attached hydrogens (primary N) is 1. The number of anilines is 2. The van der Waals surface area contributed by atoms with E-state index in [1.54, 1.807) is 0 Å². The number of aromatic nitrogens is 1. The van der Waals surface area contributed by atoms with Crippen molar-refractivity contribution < 1.29 is 0 Å². The summed E-state index contributed by atoms with van der Waals surface area (Å²) in [4.78, 5) is 8.94. The molecule has 1 aliphatic heterocycles. The van der Waals surface area contributed by atoms with E-state index >= 15 is 0 Å². The van der Waals surface area contributed by atoms with E-state index in [1.165, 1.54) is 37.2 Å². The topological polar surface area (TPSA) is 45.4 Å². The molecular formula is C13H22N4. The van der Waals surface area contributed by atoms with E-state index in [4.69, 9.17) is 5.73 Å². The normalized spacial score (nSPS) is 18.3. The van der Waals surface area contributed by atoms with Gasteiger partial charge in [-0.15, -0.1) is 0 Å². The summed E-state index contributed by atoms with van der Waals surface area (Å²) < 4.78 is 0. The predicted octanol–water partition coefficient (Wildman–Crippen LogP) is 1.50. The standard InChI is InChI=1S/C13H22N4/c1-10-8-13(14)15-9-12(10)17(3)11-4-6-16(2)7-5-11/h8-9,11H,4-7H2,1-3H3,(H2,14,15). The van der Waals surface area contributed by atoms with Gasteiger partial charge in [0, 0.05) is 13.1 Å². The molecule has 1 aliphatic rings. The van der Waals surface area contributed by atoms with Crippen molar-refractivity contribution in [2.75, 3.05) is 37.8 Å². The van der Waals surface area contributed by atoms with Gasteiger partial charge < -0.3 is 15.5 Å². The van der Waals surface area contributed by atoms with Crippen molar-refractivity contribution in [3.05, 3.63) is 17.8 Å². The zero-order valence-corrected chi connectivity index (χ0v) is 11.0. The molecule has 1 aromatic rings. The maximum Gasteiger partial charge on any atom is 0.123 e. The highest BCUT2D eigenvalue weighted by Crippen LogP contribution is 2.24. The first-order chi connectivity index (χ1) is 8.08. The van der Waals surface area contributed by atoms with Gasteiger partial charge in [-0.1, -0.05) is 0 Å². The van der Waals surface area contributed by atoms with Gasteiger partial charge in [-0.05, 0) is 51.5 Å². The Morgan fingerprint density at radius 2 is 2.06 bits per heavy atom. The van der Waals surface area contributed by atoms with Crippen LogP contribution in [-0.2, 0) is 0 Å². The summed E-state index contributed by atoms with van der Waals surface area (Å²) in [6.07, 6.45) is 4.33. The molecule has 17 heavy (non-hydrogen) atoms. The van der Waals surface area contributed by atoms with Crippen LogP contribution in [0, 0.1) is 6.92 Å². The molecule has 0 aromatic carbocycles. The highest BCUT2D eigenvalue weighted by atomic mass is 15.2. The fourth-order valence-electron chi connectivity index (χ4n) is 2.52. The van der Waals surface area contributed by atoms with E-state index in [9.17, 15) is 0 Å². The number of piperidine rings is 1. The fraction of sp³-hybridized carbons (Fsp3) is 0.615. The summed E-state index contributed by atoms with van der Waals surface area (Å²) in [5, 5.41) is 0. The summed E-state index contributed by atoms with van der Waals surface area (Å²) in [5.74, 6) is 0.600. The minimum Gasteiger partial charge on any atom is -0.384 e. The van der Waals surface area contributed by atoms with Crippen LogP contribution in [0.1, 0.15) is 18.4 Å². The summed E-state index contributed by atoms with van der Waals surface area (Å²) in [7, 11) is 4.35. The van der Waals surface area contributed by atoms with Crippen LogP contribution in [0.25, 0.3) is 0 Å². The van der Waals surface area contributed by atoms with Gasteiger partial charge in [0.05, 0.1) is 11.9 Å². The Hall–Kier alpha value is -1.29. The van der Waals surface area contributed by atoms with Crippen LogP contribution in [0.2, 0.25) is 0 Å². The van der Waals surface area contributed by atoms with Crippen LogP contribution in [-0.4, -0.2) is 43.1 Å². The number of hydrogen-bond acceptors (Lipinski definition) is 4. The van der Waals surface area contributed by atoms with Gasteiger partial charge in [0.15, 0.2) is 0 Å². The zero-order valence-electron chi connectivity index (χ0n) is 11.0. The van der Waals surface area contributed by atoms with Gasteiger partial charge in [0.2, 0.25) is 0 Å². The minimum atomic E-state index is 0.600. The molecule has 0 spiro atoms. The van der Waals surface area contributed by atoms with Crippen molar-refractivity contribution in [2.45, 2.75) is 25.8 Å². The summed E-state index contributed by atoms with van der Waals surface area (Å²) in [6.45, 7) is 4.45. The lowest BCUT2D eigenvalue weighted by molar-refractivity contribution is 0.253. The number of rotatable bonds is 2. The second-order valence-corrected chi connectivity index (χ2v) is 5.04. The Kier molecular flexibility index (Phi) is 3.52. The molecule has 2 heterocycles. The fourth-order valence-corrected chi connectivity index (χ4v) is 2.52. The van der Waals surface area contributed by atoms with Crippen LogP contribution in [0.5, 0.6) is 0 Å². The molecule has 0 saturated carbocycles. The number of pyridine rings is 1. The van der Waals surface area contributed by atoms with Crippen molar-refractivity contribution in [2.24, 2.45) is 0 Å². The number of nitrogen functional groups attached to an aromatic ring is 1. The van der Waals surface area contributed by atoms with Gasteiger partial charge in [0.1, 0.15) is 5.82 Å². The van der Waals surface area contributed by atoms with E-state index in [2.05, 4.69) is 35.8 Å². The van der Waals surface area contributed by atoms with Crippen LogP contribution >= 0.6 is 0 Å². The second kappa shape index (κ2) is 4.92. The van der Waals surface area contributed by atoms with Gasteiger partial charge in [-0.25, -0.2) is 4.98 Å². The molecular weight excluding hydrogens is 212 g/mol. The van der Waals surface area contributed by atoms with E-state index in [0.717, 1.165) is 0 Å². The molecule has 4 nitrogen and oxygen atoms in total. The molecule has 1 saturated heterocycles. The third kappa shape index (κ3) is 2.69. The smallest absolute Gasteiger partial charge is 0.123 e. The highest BCUT2D eigenvalue weighted by molar-refractivity contribution is 5.55. The first-order valence-electron chi connectivity index (χ1n) is 6.21. The molecule has 1 fully saturated rings. The Bertz CT molecular complexity index is 383. The maximum atomic E-state index is 5.69. The Labute approximate surface area is 103 Å². The van der Waals surface area contributed by atoms with Crippen molar-refractivity contribution in [3.8, 4) is 0 Å². The number of nitrogens with zero attached hydrogens (tertiary/aromatic N) is 3. The third-order valence-electron chi connectivity index (χ3n) is 3.72. The number of hydrogen-bond donors (Lipinski definition) is 1. The van der Waals surface area contributed by atoms with Crippen molar-refractivity contribution in [1.82, 2.24) is 9.88 Å². The lowest BCUT2D eigenvalue weighted by Gasteiger charge is -2.36. The highest BCUT2D eigenvalue weighted by Gasteiger charge is 2.21. The second-order valence-electron chi connectivity index (χ2n) is 5.04. The van der Waals surface area contributed by atoms with Crippen molar-refractivity contribution in [1.29, 1.82) is 0 Å². The molecule has 94 valence electrons. The van der Waals surface area contributed by atoms with Crippen molar-refractivity contribution in [3.63, 3.8) is 0 Å². The first kappa shape index (κ1) is 12.2. The predicted molar refractivity (Wildman–Crippen MR) is 72.3 cm³/mol. The van der Waals surface area contributed by atoms with Crippen LogP contribution in [0.3, 0.4) is 0 Å². The molecule has 0 atom stereocenters. The van der Waals surface area contributed by atoms with E-state index in [0.29, 0.717) is 11.9 Å². The molecule has 2 N–H and O–H groups in total. The Morgan fingerprint density at radius 1 is 1.41 bits per heavy atom. The number of likely N-dealkylation sites (tertiary alicyclic amines) is 1. The Morgan fingerprint density at radius 3 is 2.65 bits per heavy atom. The minimum absolute atomic E-state index is 0.600. The lowest BCUT2D eigenvalue weighted by atomic mass is 10.0. The van der Waals surface area contributed by atoms with Gasteiger partial charge in [-0.3, -0.25) is 0 Å². The average molecular weight is 234 g/mol. The zero-order chi connectivity index (χ0) is 12.4. The molecule has 2 rings (SSSR count). The average Bonchev–Trinajstić information content (AvgIpc) is 2.29. The van der Waals surface area contributed by atoms with E-state index in [-0.39, 0.29) is 0 Å². The van der Waals surface area contributed by atoms with Gasteiger partial charge in [-0.2, -0.15) is 0 Å². The molecule has 0 aliphatic carbocycles. The summed E-state index contributed by atoms with van der Waals surface area (Å²) in [6, 6.07) is 2.57. The molecule has 0 amide bonds. The largest absolute Gasteiger partial charge is 0.384 e. The molecule has 4 heteroatoms. The summed E-state index contributed by atoms with van der Waals surface area (Å²) in [5.41, 5.74) is 8.10. The quantitative estimate of drug-likeness (QED) is 0.842. The summed E-state index contributed by atoms with van der Waals surface area (Å²) >= 11 is 0. The first-order valence-corrected chi connectivity index (χ1v) is 6.21. The maximum absolute atomic E-state index is 5.69. The number of aryl methyl sites for hydroxylation is 1. The van der Waals surface area contributed by atoms with Crippen molar-refractivity contribution >= 4 is 11.5 Å². The molecule has 0 bridgehead atoms. The van der Waals surface area contributed by atoms with Crippen LogP contribution < -0.4 is 10.6 Å². The lowest BCUT2D eigenvalue weighted by Crippen LogP contribution is -2.42. The molecule has 1 aromatic heterocycles. The third-order valence-corrected chi connectivity index (χ3v) is 3.72. The van der Waals surface area contributed by atoms with E-state index < -0.39 is 0 Å². The monoisotopic (exact) mass is 234 g/mol.